The second kappa shape index (κ2) is 77.5. The molecule has 21 nitrogen and oxygen atoms in total. The van der Waals surface area contributed by atoms with Gasteiger partial charge in [0, 0.05) is 75.1 Å². The van der Waals surface area contributed by atoms with Crippen LogP contribution in [-0.4, -0.2) is 145 Å². The minimum Gasteiger partial charge on any atom is -0.493 e. The summed E-state index contributed by atoms with van der Waals surface area (Å²) in [6, 6.07) is 53.5. The van der Waals surface area contributed by atoms with Gasteiger partial charge >= 0.3 is 0 Å². The average Bonchev–Trinajstić information content (AvgIpc) is 0.884. The van der Waals surface area contributed by atoms with E-state index in [1.165, 1.54) is 78.3 Å². The first kappa shape index (κ1) is 128. The van der Waals surface area contributed by atoms with E-state index in [1.54, 1.807) is 89.3 Å². The van der Waals surface area contributed by atoms with Crippen molar-refractivity contribution in [2.24, 2.45) is 0 Å². The number of rotatable bonds is 54. The molecule has 0 spiro atoms. The van der Waals surface area contributed by atoms with Gasteiger partial charge in [-0.25, -0.2) is 0 Å². The molecule has 780 valence electrons. The molecule has 9 aromatic rings. The van der Waals surface area contributed by atoms with Crippen LogP contribution < -0.4 is 56.8 Å². The number of methoxy groups -OCH3 is 10. The largest absolute Gasteiger partial charge is 0.493 e. The molecular weight excluding hydrogens is 1790 g/mol. The van der Waals surface area contributed by atoms with Gasteiger partial charge in [0.05, 0.1) is 19.8 Å². The molecule has 0 aliphatic heterocycles. The summed E-state index contributed by atoms with van der Waals surface area (Å²) in [5, 5.41) is 0. The topological polar surface area (TPSA) is 194 Å². The highest BCUT2D eigenvalue weighted by Gasteiger charge is 2.24. The van der Waals surface area contributed by atoms with Crippen LogP contribution in [0.1, 0.15) is 238 Å². The van der Waals surface area contributed by atoms with E-state index in [2.05, 4.69) is 172 Å². The van der Waals surface area contributed by atoms with E-state index in [1.807, 2.05) is 185 Å². The lowest BCUT2D eigenvalue weighted by atomic mass is 9.81. The van der Waals surface area contributed by atoms with Gasteiger partial charge in [0.25, 0.3) is 0 Å². The molecule has 142 heavy (non-hydrogen) atoms. The molecule has 0 atom stereocenters. The van der Waals surface area contributed by atoms with Crippen LogP contribution in [0.25, 0.3) is 54.7 Å². The molecule has 0 unspecified atom stereocenters. The lowest BCUT2D eigenvalue weighted by Gasteiger charge is -2.26. The quantitative estimate of drug-likeness (QED) is 0.0258. The maximum Gasteiger partial charge on any atom is 0.188 e. The molecule has 9 rings (SSSR count). The third-order valence-electron chi connectivity index (χ3n) is 21.0. The monoisotopic (exact) mass is 1960 g/mol. The fourth-order valence-electron chi connectivity index (χ4n) is 12.9. The fraction of sp³-hybridized carbons (Fsp3) is 0.405. The molecule has 0 bridgehead atoms. The van der Waals surface area contributed by atoms with Gasteiger partial charge in [0.2, 0.25) is 0 Å². The normalized spacial score (nSPS) is 10.4. The summed E-state index contributed by atoms with van der Waals surface area (Å²) < 4.78 is 110. The van der Waals surface area contributed by atoms with Crippen molar-refractivity contribution >= 4 is 54.7 Å². The molecule has 0 fully saturated rings. The van der Waals surface area contributed by atoms with Crippen molar-refractivity contribution < 1.29 is 99.5 Å². The number of aryl methyl sites for hydroxylation is 3. The molecule has 21 heteroatoms. The first-order valence-corrected chi connectivity index (χ1v) is 48.2. The van der Waals surface area contributed by atoms with E-state index in [4.69, 9.17) is 99.5 Å². The zero-order valence-electron chi connectivity index (χ0n) is 90.2. The van der Waals surface area contributed by atoms with Crippen LogP contribution in [-0.2, 0) is 72.7 Å². The summed E-state index contributed by atoms with van der Waals surface area (Å²) in [7, 11) is 16.1. The second-order valence-corrected chi connectivity index (χ2v) is 33.9. The average molecular weight is 1960 g/mol. The van der Waals surface area contributed by atoms with Gasteiger partial charge in [-0.2, -0.15) is 0 Å². The van der Waals surface area contributed by atoms with Crippen molar-refractivity contribution in [1.82, 2.24) is 0 Å². The van der Waals surface area contributed by atoms with Crippen molar-refractivity contribution in [3.8, 4) is 69.0 Å². The molecule has 0 aromatic heterocycles. The number of ether oxygens (including phenoxy) is 21. The van der Waals surface area contributed by atoms with E-state index in [0.717, 1.165) is 110 Å². The highest BCUT2D eigenvalue weighted by molar-refractivity contribution is 5.60. The predicted molar refractivity (Wildman–Crippen MR) is 591 cm³/mol. The van der Waals surface area contributed by atoms with Crippen molar-refractivity contribution in [1.29, 1.82) is 0 Å². The van der Waals surface area contributed by atoms with E-state index < -0.39 is 0 Å². The SMILES string of the molecule is C=Cc1ccc(OCOC)c(C(C)(C)C)c1.C=Cc1ccc(OCOC)c(C(C)(C)CC)c1.C=Cc1ccc(OCOC)c(C(C)C)c1.C=Cc1ccc(OCOC)c(CC)c1.C=Cc1ccc(OCOC)c(CCCCC)c1.C=Cc1ccc(OCOC)c(CCCCCC)c1.C=Cc1ccc(OCOC)c(OC(C)C)c1.C=Cc1ccc(OCOC)c(OC)c1.C=Cc1ccc(OCOC)c(OCC)c1. The van der Waals surface area contributed by atoms with Gasteiger partial charge in [0.15, 0.2) is 95.6 Å². The summed E-state index contributed by atoms with van der Waals surface area (Å²) in [5.74, 6) is 9.96. The molecule has 0 aliphatic rings. The van der Waals surface area contributed by atoms with Crippen molar-refractivity contribution in [3.05, 3.63) is 306 Å². The molecule has 0 radical (unpaired) electrons. The standard InChI is InChI=1S/C16H24O2.2C15H22O2.C14H20O2.C13H18O3.C13H18O2.C12H16O3.C12H16O2.C11H14O3/c1-4-6-7-8-9-15-12-14(5-2)10-11-16(15)18-13-17-3;1-6-12-8-9-14(17-11-16-5)13(10-12)15(3,4)7-2;1-4-6-7-8-14-11-13(5-2)9-10-15(14)17-12-16-3;1-6-11-7-8-13(16-10-15-5)12(9-11)14(2,3)4;1-5-11-6-7-12(15-9-14-4)13(8-11)16-10(2)3;1-5-11-6-7-13(15-9-14-4)12(8-11)10(2)3;1-4-10-6-7-11(15-9-13-3)12(8-10)14-5-2;1-4-10-6-7-12(14-9-13-3)11(5-2)8-10;1-4-9-5-6-10(14-8-12-2)11(7-9)13-3/h5,10-12H,2,4,6-9,13H2,1,3H3;6,8-10H,1,7,11H2,2-5H3;5,9-11H,2,4,6-8,12H2,1,3H3;6-9H,1,10H2,2-5H3;5-8,10H,1,9H2,2-4H3;5-8,10H,1,9H2,2-4H3;4,6-8H,1,5,9H2,2-3H3;4,6-8H,1,5,9H2,2-3H3;4-7H,1,8H2,2-3H3. The first-order valence-electron chi connectivity index (χ1n) is 48.2. The Bertz CT molecular complexity index is 4950. The lowest BCUT2D eigenvalue weighted by Crippen LogP contribution is -2.17. The predicted octanol–water partition coefficient (Wildman–Crippen LogP) is 30.5. The fourth-order valence-corrected chi connectivity index (χ4v) is 12.9. The van der Waals surface area contributed by atoms with Crippen LogP contribution in [0.5, 0.6) is 69.0 Å². The third kappa shape index (κ3) is 51.5. The van der Waals surface area contributed by atoms with Gasteiger partial charge < -0.3 is 99.5 Å². The first-order chi connectivity index (χ1) is 68.4. The number of hydrogen-bond donors (Lipinski definition) is 0. The van der Waals surface area contributed by atoms with Gasteiger partial charge in [-0.3, -0.25) is 0 Å². The molecule has 0 heterocycles. The molecule has 0 amide bonds. The summed E-state index contributed by atoms with van der Waals surface area (Å²) in [5.41, 5.74) is 17.1. The van der Waals surface area contributed by atoms with Crippen LogP contribution in [0.2, 0.25) is 0 Å². The van der Waals surface area contributed by atoms with Crippen LogP contribution in [0.15, 0.2) is 223 Å². The summed E-state index contributed by atoms with van der Waals surface area (Å²) in [4.78, 5) is 0. The van der Waals surface area contributed by atoms with Gasteiger partial charge in [-0.05, 0) is 258 Å². The minimum absolute atomic E-state index is 0.0437. The Morgan fingerprint density at radius 3 is 0.859 bits per heavy atom. The maximum atomic E-state index is 5.66. The number of benzene rings is 9. The van der Waals surface area contributed by atoms with E-state index in [0.29, 0.717) is 67.4 Å². The van der Waals surface area contributed by atoms with Gasteiger partial charge in [-0.1, -0.05) is 277 Å². The molecule has 0 N–H and O–H groups in total. The summed E-state index contributed by atoms with van der Waals surface area (Å²) in [6.07, 6.45) is 29.3. The number of unbranched alkanes of at least 4 members (excludes halogenated alkanes) is 5. The smallest absolute Gasteiger partial charge is 0.188 e. The van der Waals surface area contributed by atoms with E-state index >= 15 is 0 Å². The molecule has 9 aromatic carbocycles. The molecule has 0 saturated carbocycles. The van der Waals surface area contributed by atoms with E-state index in [-0.39, 0.29) is 57.7 Å². The van der Waals surface area contributed by atoms with Crippen molar-refractivity contribution in [2.75, 3.05) is 139 Å². The number of hydrogen-bond acceptors (Lipinski definition) is 21. The highest BCUT2D eigenvalue weighted by atomic mass is 16.7. The molecule has 0 aliphatic carbocycles. The molecular formula is C121H170O21. The summed E-state index contributed by atoms with van der Waals surface area (Å²) >= 11 is 0. The van der Waals surface area contributed by atoms with Crippen LogP contribution in [0.4, 0.5) is 0 Å². The molecule has 0 saturated heterocycles. The lowest BCUT2D eigenvalue weighted by molar-refractivity contribution is 0.0476. The Morgan fingerprint density at radius 1 is 0.261 bits per heavy atom. The van der Waals surface area contributed by atoms with Gasteiger partial charge in [0.1, 0.15) is 34.5 Å². The van der Waals surface area contributed by atoms with Crippen molar-refractivity contribution in [3.63, 3.8) is 0 Å². The van der Waals surface area contributed by atoms with E-state index in [9.17, 15) is 0 Å². The Hall–Kier alpha value is -12.1. The minimum atomic E-state index is 0.0437. The Morgan fingerprint density at radius 2 is 0.528 bits per heavy atom. The van der Waals surface area contributed by atoms with Crippen LogP contribution >= 0.6 is 0 Å². The highest BCUT2D eigenvalue weighted by Crippen LogP contribution is 2.38. The Labute approximate surface area is 854 Å². The van der Waals surface area contributed by atoms with Crippen LogP contribution in [0.3, 0.4) is 0 Å². The maximum absolute atomic E-state index is 5.66. The second-order valence-electron chi connectivity index (χ2n) is 33.9. The third-order valence-corrected chi connectivity index (χ3v) is 21.0. The van der Waals surface area contributed by atoms with Gasteiger partial charge in [-0.15, -0.1) is 0 Å². The summed E-state index contributed by atoms with van der Waals surface area (Å²) in [6.45, 7) is 66.5. The van der Waals surface area contributed by atoms with Crippen LogP contribution in [0, 0.1) is 0 Å². The Kier molecular flexibility index (Phi) is 69.8. The zero-order chi connectivity index (χ0) is 106. The Balaban J connectivity index is 0.000000800. The van der Waals surface area contributed by atoms with Crippen molar-refractivity contribution in [2.45, 2.75) is 190 Å². The zero-order valence-corrected chi connectivity index (χ0v) is 90.2.